The summed E-state index contributed by atoms with van der Waals surface area (Å²) in [5, 5.41) is 11.3. The van der Waals surface area contributed by atoms with Crippen LogP contribution < -0.4 is 10.2 Å². The van der Waals surface area contributed by atoms with Crippen LogP contribution in [0.3, 0.4) is 0 Å². The van der Waals surface area contributed by atoms with Gasteiger partial charge in [0, 0.05) is 13.1 Å². The average Bonchev–Trinajstić information content (AvgIpc) is 2.94. The molecule has 1 aromatic heterocycles. The monoisotopic (exact) mass is 224 g/mol. The molecule has 1 saturated heterocycles. The highest BCUT2D eigenvalue weighted by Crippen LogP contribution is 2.24. The second kappa shape index (κ2) is 5.30. The molecule has 0 aromatic carbocycles. The van der Waals surface area contributed by atoms with Crippen LogP contribution in [0, 0.1) is 5.92 Å². The van der Waals surface area contributed by atoms with Crippen molar-refractivity contribution in [3.05, 3.63) is 5.89 Å². The van der Waals surface area contributed by atoms with Crippen LogP contribution in [0.15, 0.2) is 4.42 Å². The van der Waals surface area contributed by atoms with Gasteiger partial charge in [-0.25, -0.2) is 0 Å². The zero-order valence-electron chi connectivity index (χ0n) is 10.1. The van der Waals surface area contributed by atoms with Crippen LogP contribution in [0.1, 0.15) is 32.6 Å². The summed E-state index contributed by atoms with van der Waals surface area (Å²) in [7, 11) is 0. The Bertz CT molecular complexity index is 326. The van der Waals surface area contributed by atoms with Gasteiger partial charge in [0.15, 0.2) is 0 Å². The standard InChI is InChI=1S/C11H20N4O/c1-3-9-5-6-15(8-9)11-14-13-10(16-11)7-12-4-2/h9,12H,3-8H2,1-2H3. The number of nitrogens with one attached hydrogen (secondary N) is 1. The highest BCUT2D eigenvalue weighted by atomic mass is 16.4. The summed E-state index contributed by atoms with van der Waals surface area (Å²) < 4.78 is 5.60. The van der Waals surface area contributed by atoms with Gasteiger partial charge in [0.05, 0.1) is 6.54 Å². The normalized spacial score (nSPS) is 20.6. The van der Waals surface area contributed by atoms with Crippen LogP contribution in [-0.4, -0.2) is 29.8 Å². The summed E-state index contributed by atoms with van der Waals surface area (Å²) in [6.07, 6.45) is 2.47. The van der Waals surface area contributed by atoms with E-state index in [1.165, 1.54) is 12.8 Å². The van der Waals surface area contributed by atoms with E-state index in [0.717, 1.165) is 25.6 Å². The molecule has 5 nitrogen and oxygen atoms in total. The van der Waals surface area contributed by atoms with Gasteiger partial charge in [-0.15, -0.1) is 5.10 Å². The van der Waals surface area contributed by atoms with Crippen molar-refractivity contribution >= 4 is 6.01 Å². The lowest BCUT2D eigenvalue weighted by molar-refractivity contribution is 0.467. The Morgan fingerprint density at radius 1 is 1.44 bits per heavy atom. The molecular weight excluding hydrogens is 204 g/mol. The smallest absolute Gasteiger partial charge is 0.318 e. The van der Waals surface area contributed by atoms with Gasteiger partial charge in [0.1, 0.15) is 0 Å². The third kappa shape index (κ3) is 2.52. The minimum Gasteiger partial charge on any atom is -0.407 e. The average molecular weight is 224 g/mol. The van der Waals surface area contributed by atoms with Crippen molar-refractivity contribution in [2.75, 3.05) is 24.5 Å². The molecule has 0 amide bonds. The van der Waals surface area contributed by atoms with Crippen LogP contribution in [-0.2, 0) is 6.54 Å². The number of rotatable bonds is 5. The molecule has 1 aromatic rings. The molecule has 0 radical (unpaired) electrons. The first-order valence-corrected chi connectivity index (χ1v) is 6.11. The molecule has 2 heterocycles. The van der Waals surface area contributed by atoms with Gasteiger partial charge in [-0.2, -0.15) is 0 Å². The molecule has 1 N–H and O–H groups in total. The highest BCUT2D eigenvalue weighted by molar-refractivity contribution is 5.26. The Hall–Kier alpha value is -1.10. The Morgan fingerprint density at radius 3 is 3.00 bits per heavy atom. The van der Waals surface area contributed by atoms with Gasteiger partial charge in [-0.1, -0.05) is 25.4 Å². The van der Waals surface area contributed by atoms with E-state index >= 15 is 0 Å². The van der Waals surface area contributed by atoms with Crippen LogP contribution in [0.4, 0.5) is 6.01 Å². The molecule has 1 aliphatic heterocycles. The third-order valence-electron chi connectivity index (χ3n) is 3.12. The summed E-state index contributed by atoms with van der Waals surface area (Å²) in [6, 6.07) is 0.684. The van der Waals surface area contributed by atoms with Crippen molar-refractivity contribution in [3.8, 4) is 0 Å². The molecule has 2 rings (SSSR count). The Balaban J connectivity index is 1.92. The molecule has 16 heavy (non-hydrogen) atoms. The zero-order valence-corrected chi connectivity index (χ0v) is 10.1. The number of aromatic nitrogens is 2. The fourth-order valence-corrected chi connectivity index (χ4v) is 2.02. The van der Waals surface area contributed by atoms with Crippen molar-refractivity contribution in [1.29, 1.82) is 0 Å². The number of nitrogens with zero attached hydrogens (tertiary/aromatic N) is 3. The fourth-order valence-electron chi connectivity index (χ4n) is 2.02. The molecule has 0 bridgehead atoms. The topological polar surface area (TPSA) is 54.2 Å². The summed E-state index contributed by atoms with van der Waals surface area (Å²) >= 11 is 0. The first-order chi connectivity index (χ1) is 7.83. The Kier molecular flexibility index (Phi) is 3.77. The van der Waals surface area contributed by atoms with E-state index in [9.17, 15) is 0 Å². The van der Waals surface area contributed by atoms with Crippen molar-refractivity contribution in [1.82, 2.24) is 15.5 Å². The Labute approximate surface area is 96.2 Å². The number of anilines is 1. The molecule has 1 unspecified atom stereocenters. The first kappa shape index (κ1) is 11.4. The van der Waals surface area contributed by atoms with Crippen LogP contribution in [0.5, 0.6) is 0 Å². The molecule has 1 fully saturated rings. The third-order valence-corrected chi connectivity index (χ3v) is 3.12. The molecular formula is C11H20N4O. The maximum Gasteiger partial charge on any atom is 0.318 e. The van der Waals surface area contributed by atoms with E-state index in [-0.39, 0.29) is 0 Å². The molecule has 90 valence electrons. The van der Waals surface area contributed by atoms with E-state index in [1.54, 1.807) is 0 Å². The minimum absolute atomic E-state index is 0.661. The molecule has 5 heteroatoms. The quantitative estimate of drug-likeness (QED) is 0.819. The number of hydrogen-bond donors (Lipinski definition) is 1. The van der Waals surface area contributed by atoms with Crippen molar-refractivity contribution < 1.29 is 4.42 Å². The zero-order chi connectivity index (χ0) is 11.4. The molecule has 1 aliphatic rings. The largest absolute Gasteiger partial charge is 0.407 e. The van der Waals surface area contributed by atoms with Gasteiger partial charge < -0.3 is 14.6 Å². The maximum atomic E-state index is 5.60. The van der Waals surface area contributed by atoms with Crippen LogP contribution in [0.25, 0.3) is 0 Å². The fraction of sp³-hybridized carbons (Fsp3) is 0.818. The van der Waals surface area contributed by atoms with Gasteiger partial charge >= 0.3 is 6.01 Å². The predicted molar refractivity (Wildman–Crippen MR) is 62.3 cm³/mol. The van der Waals surface area contributed by atoms with Gasteiger partial charge in [-0.05, 0) is 18.9 Å². The van der Waals surface area contributed by atoms with Crippen LogP contribution in [0.2, 0.25) is 0 Å². The second-order valence-electron chi connectivity index (χ2n) is 4.27. The lowest BCUT2D eigenvalue weighted by atomic mass is 10.1. The van der Waals surface area contributed by atoms with Crippen molar-refractivity contribution in [3.63, 3.8) is 0 Å². The number of hydrogen-bond acceptors (Lipinski definition) is 5. The van der Waals surface area contributed by atoms with E-state index in [1.807, 2.05) is 0 Å². The SMILES string of the molecule is CCNCc1nnc(N2CCC(CC)C2)o1. The van der Waals surface area contributed by atoms with E-state index < -0.39 is 0 Å². The van der Waals surface area contributed by atoms with E-state index in [2.05, 4.69) is 34.3 Å². The lowest BCUT2D eigenvalue weighted by Crippen LogP contribution is -2.19. The van der Waals surface area contributed by atoms with Gasteiger partial charge in [0.25, 0.3) is 0 Å². The summed E-state index contributed by atoms with van der Waals surface area (Å²) in [5.74, 6) is 1.46. The summed E-state index contributed by atoms with van der Waals surface area (Å²) in [6.45, 7) is 7.97. The van der Waals surface area contributed by atoms with Crippen molar-refractivity contribution in [2.24, 2.45) is 5.92 Å². The van der Waals surface area contributed by atoms with Crippen LogP contribution >= 0.6 is 0 Å². The predicted octanol–water partition coefficient (Wildman–Crippen LogP) is 1.42. The molecule has 1 atom stereocenters. The summed E-state index contributed by atoms with van der Waals surface area (Å²) in [4.78, 5) is 2.19. The molecule has 0 spiro atoms. The van der Waals surface area contributed by atoms with Gasteiger partial charge in [-0.3, -0.25) is 0 Å². The lowest BCUT2D eigenvalue weighted by Gasteiger charge is -2.11. The van der Waals surface area contributed by atoms with E-state index in [4.69, 9.17) is 4.42 Å². The second-order valence-corrected chi connectivity index (χ2v) is 4.27. The van der Waals surface area contributed by atoms with Crippen molar-refractivity contribution in [2.45, 2.75) is 33.2 Å². The minimum atomic E-state index is 0.661. The Morgan fingerprint density at radius 2 is 2.31 bits per heavy atom. The van der Waals surface area contributed by atoms with E-state index in [0.29, 0.717) is 18.5 Å². The molecule has 0 aliphatic carbocycles. The maximum absolute atomic E-state index is 5.60. The summed E-state index contributed by atoms with van der Waals surface area (Å²) in [5.41, 5.74) is 0. The first-order valence-electron chi connectivity index (χ1n) is 6.11. The van der Waals surface area contributed by atoms with Gasteiger partial charge in [0.2, 0.25) is 5.89 Å². The molecule has 0 saturated carbocycles. The highest BCUT2D eigenvalue weighted by Gasteiger charge is 2.24.